The van der Waals surface area contributed by atoms with Gasteiger partial charge in [0.1, 0.15) is 5.75 Å². The summed E-state index contributed by atoms with van der Waals surface area (Å²) in [5.74, 6) is 1.54. The van der Waals surface area contributed by atoms with Crippen molar-refractivity contribution in [2.75, 3.05) is 7.11 Å². The van der Waals surface area contributed by atoms with Gasteiger partial charge in [0.25, 0.3) is 0 Å². The van der Waals surface area contributed by atoms with Crippen molar-refractivity contribution in [2.24, 2.45) is 5.92 Å². The smallest absolute Gasteiger partial charge is 0.496 e. The molecule has 2 rings (SSSR count). The SMILES string of the molecule is CCC1CCC(NC(=O)Cc2c(Cl)cccc2OC)CC1.O=C(O)O. The normalized spacial score (nSPS) is 19.3. The van der Waals surface area contributed by atoms with Gasteiger partial charge in [-0.25, -0.2) is 4.79 Å². The Morgan fingerprint density at radius 1 is 1.24 bits per heavy atom. The Morgan fingerprint density at radius 3 is 2.36 bits per heavy atom. The summed E-state index contributed by atoms with van der Waals surface area (Å²) in [6.45, 7) is 2.24. The molecule has 1 aliphatic carbocycles. The summed E-state index contributed by atoms with van der Waals surface area (Å²) in [6.07, 6.45) is 4.30. The Hall–Kier alpha value is -1.95. The third-order valence-corrected chi connectivity index (χ3v) is 4.78. The van der Waals surface area contributed by atoms with E-state index in [1.54, 1.807) is 13.2 Å². The van der Waals surface area contributed by atoms with Crippen molar-refractivity contribution in [3.8, 4) is 5.75 Å². The fraction of sp³-hybridized carbons (Fsp3) is 0.556. The van der Waals surface area contributed by atoms with E-state index in [1.807, 2.05) is 12.1 Å². The molecule has 1 aromatic rings. The lowest BCUT2D eigenvalue weighted by Gasteiger charge is -2.28. The maximum absolute atomic E-state index is 12.2. The summed E-state index contributed by atoms with van der Waals surface area (Å²) in [5.41, 5.74) is 0.765. The molecule has 1 saturated carbocycles. The topological polar surface area (TPSA) is 95.9 Å². The first-order valence-corrected chi connectivity index (χ1v) is 8.77. The number of hydrogen-bond acceptors (Lipinski definition) is 3. The lowest BCUT2D eigenvalue weighted by molar-refractivity contribution is -0.121. The number of carboxylic acid groups (broad SMARTS) is 2. The van der Waals surface area contributed by atoms with E-state index in [1.165, 1.54) is 19.3 Å². The van der Waals surface area contributed by atoms with Crippen LogP contribution in [0.3, 0.4) is 0 Å². The Kier molecular flexibility index (Phi) is 9.13. The zero-order chi connectivity index (χ0) is 18.8. The summed E-state index contributed by atoms with van der Waals surface area (Å²) < 4.78 is 5.28. The fourth-order valence-electron chi connectivity index (χ4n) is 3.06. The number of carbonyl (C=O) groups excluding carboxylic acids is 1. The molecule has 0 aromatic heterocycles. The van der Waals surface area contributed by atoms with Crippen LogP contribution in [0.2, 0.25) is 5.02 Å². The third kappa shape index (κ3) is 7.65. The molecule has 0 radical (unpaired) electrons. The molecule has 0 unspecified atom stereocenters. The Bertz CT molecular complexity index is 567. The molecule has 7 heteroatoms. The van der Waals surface area contributed by atoms with Crippen LogP contribution in [0.15, 0.2) is 18.2 Å². The molecule has 0 spiro atoms. The Labute approximate surface area is 153 Å². The van der Waals surface area contributed by atoms with E-state index in [2.05, 4.69) is 12.2 Å². The van der Waals surface area contributed by atoms with Gasteiger partial charge in [0, 0.05) is 16.6 Å². The second-order valence-corrected chi connectivity index (χ2v) is 6.48. The number of carbonyl (C=O) groups is 2. The second kappa shape index (κ2) is 10.8. The van der Waals surface area contributed by atoms with Crippen LogP contribution in [0.4, 0.5) is 4.79 Å². The minimum atomic E-state index is -1.83. The van der Waals surface area contributed by atoms with Gasteiger partial charge in [-0.05, 0) is 43.7 Å². The number of amides is 1. The van der Waals surface area contributed by atoms with Crippen LogP contribution in [0.1, 0.15) is 44.6 Å². The molecule has 25 heavy (non-hydrogen) atoms. The molecule has 0 bridgehead atoms. The second-order valence-electron chi connectivity index (χ2n) is 6.07. The Morgan fingerprint density at radius 2 is 1.84 bits per heavy atom. The van der Waals surface area contributed by atoms with Crippen molar-refractivity contribution in [3.63, 3.8) is 0 Å². The molecule has 6 nitrogen and oxygen atoms in total. The number of halogens is 1. The molecule has 140 valence electrons. The number of nitrogens with one attached hydrogen (secondary N) is 1. The van der Waals surface area contributed by atoms with Crippen molar-refractivity contribution in [2.45, 2.75) is 51.5 Å². The van der Waals surface area contributed by atoms with E-state index in [0.29, 0.717) is 16.8 Å². The Balaban J connectivity index is 0.000000705. The highest BCUT2D eigenvalue weighted by atomic mass is 35.5. The fourth-order valence-corrected chi connectivity index (χ4v) is 3.29. The summed E-state index contributed by atoms with van der Waals surface area (Å²) >= 11 is 6.17. The highest BCUT2D eigenvalue weighted by molar-refractivity contribution is 6.31. The van der Waals surface area contributed by atoms with Gasteiger partial charge in [0.05, 0.1) is 13.5 Å². The van der Waals surface area contributed by atoms with Gasteiger partial charge >= 0.3 is 6.16 Å². The van der Waals surface area contributed by atoms with E-state index in [0.717, 1.165) is 24.3 Å². The van der Waals surface area contributed by atoms with Crippen molar-refractivity contribution in [3.05, 3.63) is 28.8 Å². The summed E-state index contributed by atoms with van der Waals surface area (Å²) in [5, 5.41) is 17.7. The minimum absolute atomic E-state index is 0.0290. The molecule has 0 saturated heterocycles. The first-order valence-electron chi connectivity index (χ1n) is 8.39. The molecule has 1 aromatic carbocycles. The number of hydrogen-bond donors (Lipinski definition) is 3. The number of benzene rings is 1. The molecular weight excluding hydrogens is 346 g/mol. The molecule has 1 aliphatic rings. The number of methoxy groups -OCH3 is 1. The molecule has 3 N–H and O–H groups in total. The monoisotopic (exact) mass is 371 g/mol. The predicted octanol–water partition coefficient (Wildman–Crippen LogP) is 4.20. The van der Waals surface area contributed by atoms with Crippen molar-refractivity contribution < 1.29 is 24.5 Å². The predicted molar refractivity (Wildman–Crippen MR) is 96.5 cm³/mol. The summed E-state index contributed by atoms with van der Waals surface area (Å²) in [4.78, 5) is 20.8. The van der Waals surface area contributed by atoms with Crippen molar-refractivity contribution in [1.29, 1.82) is 0 Å². The lowest BCUT2D eigenvalue weighted by atomic mass is 9.84. The van der Waals surface area contributed by atoms with Gasteiger partial charge in [-0.2, -0.15) is 0 Å². The first kappa shape index (κ1) is 21.1. The highest BCUT2D eigenvalue weighted by Crippen LogP contribution is 2.28. The van der Waals surface area contributed by atoms with Gasteiger partial charge in [-0.15, -0.1) is 0 Å². The minimum Gasteiger partial charge on any atom is -0.496 e. The van der Waals surface area contributed by atoms with E-state index < -0.39 is 6.16 Å². The van der Waals surface area contributed by atoms with E-state index in [9.17, 15) is 4.79 Å². The molecule has 1 amide bonds. The van der Waals surface area contributed by atoms with E-state index >= 15 is 0 Å². The van der Waals surface area contributed by atoms with Crippen LogP contribution in [-0.4, -0.2) is 35.4 Å². The number of rotatable bonds is 5. The van der Waals surface area contributed by atoms with Crippen molar-refractivity contribution >= 4 is 23.7 Å². The summed E-state index contributed by atoms with van der Waals surface area (Å²) in [7, 11) is 1.60. The van der Waals surface area contributed by atoms with Gasteiger partial charge in [0.15, 0.2) is 0 Å². The largest absolute Gasteiger partial charge is 0.503 e. The zero-order valence-electron chi connectivity index (χ0n) is 14.6. The third-order valence-electron chi connectivity index (χ3n) is 4.42. The van der Waals surface area contributed by atoms with Crippen LogP contribution >= 0.6 is 11.6 Å². The maximum Gasteiger partial charge on any atom is 0.503 e. The molecule has 0 aliphatic heterocycles. The van der Waals surface area contributed by atoms with E-state index in [4.69, 9.17) is 31.3 Å². The quantitative estimate of drug-likeness (QED) is 0.720. The van der Waals surface area contributed by atoms with Gasteiger partial charge in [0.2, 0.25) is 5.91 Å². The van der Waals surface area contributed by atoms with Crippen molar-refractivity contribution in [1.82, 2.24) is 5.32 Å². The van der Waals surface area contributed by atoms with Gasteiger partial charge < -0.3 is 20.3 Å². The van der Waals surface area contributed by atoms with Crippen LogP contribution in [0, 0.1) is 5.92 Å². The highest BCUT2D eigenvalue weighted by Gasteiger charge is 2.22. The van der Waals surface area contributed by atoms with Crippen LogP contribution < -0.4 is 10.1 Å². The first-order chi connectivity index (χ1) is 11.9. The molecule has 0 heterocycles. The average Bonchev–Trinajstić information content (AvgIpc) is 2.57. The van der Waals surface area contributed by atoms with Gasteiger partial charge in [-0.3, -0.25) is 4.79 Å². The number of ether oxygens (including phenoxy) is 1. The van der Waals surface area contributed by atoms with Gasteiger partial charge in [-0.1, -0.05) is 31.0 Å². The lowest BCUT2D eigenvalue weighted by Crippen LogP contribution is -2.38. The molecule has 0 atom stereocenters. The van der Waals surface area contributed by atoms with E-state index in [-0.39, 0.29) is 12.3 Å². The van der Waals surface area contributed by atoms with Crippen LogP contribution in [0.5, 0.6) is 5.75 Å². The standard InChI is InChI=1S/C17H24ClNO2.CH2O3/c1-3-12-7-9-13(10-8-12)19-17(20)11-14-15(18)5-4-6-16(14)21-2;2-1(3)4/h4-6,12-13H,3,7-11H2,1-2H3,(H,19,20);(H2,2,3,4). The average molecular weight is 372 g/mol. The van der Waals surface area contributed by atoms with Crippen LogP contribution in [0.25, 0.3) is 0 Å². The molecule has 1 fully saturated rings. The summed E-state index contributed by atoms with van der Waals surface area (Å²) in [6, 6.07) is 5.77. The molecular formula is C18H26ClNO5. The zero-order valence-corrected chi connectivity index (χ0v) is 15.4. The maximum atomic E-state index is 12.2. The van der Waals surface area contributed by atoms with Crippen LogP contribution in [-0.2, 0) is 11.2 Å².